The molecule has 1 amide bonds. The van der Waals surface area contributed by atoms with E-state index < -0.39 is 23.1 Å². The van der Waals surface area contributed by atoms with Gasteiger partial charge in [-0.1, -0.05) is 6.07 Å². The second kappa shape index (κ2) is 4.97. The average Bonchev–Trinajstić information content (AvgIpc) is 2.88. The van der Waals surface area contributed by atoms with E-state index in [0.29, 0.717) is 13.0 Å². The van der Waals surface area contributed by atoms with Gasteiger partial charge in [0.1, 0.15) is 11.2 Å². The summed E-state index contributed by atoms with van der Waals surface area (Å²) in [5.74, 6) is -1.93. The predicted octanol–water partition coefficient (Wildman–Crippen LogP) is 0.756. The van der Waals surface area contributed by atoms with E-state index >= 15 is 0 Å². The molecule has 1 unspecified atom stereocenters. The molecule has 1 heterocycles. The Hall–Kier alpha value is -1.95. The topological polar surface area (TPSA) is 78.6 Å². The molecule has 6 heteroatoms. The van der Waals surface area contributed by atoms with E-state index in [9.17, 15) is 14.0 Å². The van der Waals surface area contributed by atoms with E-state index in [2.05, 4.69) is 4.74 Å². The van der Waals surface area contributed by atoms with Crippen molar-refractivity contribution < 1.29 is 23.5 Å². The molecule has 1 aliphatic rings. The number of methoxy groups -OCH3 is 1. The molecular weight excluding hydrogens is 253 g/mol. The van der Waals surface area contributed by atoms with Crippen LogP contribution in [0, 0.1) is 5.82 Å². The minimum absolute atomic E-state index is 0.0524. The molecule has 2 rings (SSSR count). The van der Waals surface area contributed by atoms with Crippen molar-refractivity contribution in [3.63, 3.8) is 0 Å². The lowest BCUT2D eigenvalue weighted by molar-refractivity contribution is -0.123. The zero-order valence-electron chi connectivity index (χ0n) is 10.4. The Balaban J connectivity index is 2.45. The molecular formula is C13H14FNO4. The van der Waals surface area contributed by atoms with E-state index in [0.717, 1.165) is 6.07 Å². The summed E-state index contributed by atoms with van der Waals surface area (Å²) in [5, 5.41) is 0. The summed E-state index contributed by atoms with van der Waals surface area (Å²) >= 11 is 0. The molecule has 0 aromatic heterocycles. The van der Waals surface area contributed by atoms with Crippen LogP contribution in [0.2, 0.25) is 0 Å². The highest BCUT2D eigenvalue weighted by Gasteiger charge is 2.44. The zero-order valence-corrected chi connectivity index (χ0v) is 10.4. The van der Waals surface area contributed by atoms with Gasteiger partial charge in [-0.25, -0.2) is 9.18 Å². The van der Waals surface area contributed by atoms with Crippen LogP contribution in [-0.4, -0.2) is 32.2 Å². The van der Waals surface area contributed by atoms with E-state index in [1.54, 1.807) is 0 Å². The number of esters is 1. The number of ether oxygens (including phenoxy) is 2. The molecule has 102 valence electrons. The molecule has 0 bridgehead atoms. The van der Waals surface area contributed by atoms with Crippen LogP contribution in [0.1, 0.15) is 22.3 Å². The van der Waals surface area contributed by atoms with Gasteiger partial charge in [0, 0.05) is 12.2 Å². The summed E-state index contributed by atoms with van der Waals surface area (Å²) in [7, 11) is 1.21. The smallest absolute Gasteiger partial charge is 0.337 e. The number of nitrogens with two attached hydrogens (primary N) is 1. The normalized spacial score (nSPS) is 22.2. The standard InChI is InChI=1S/C13H14FNO4/c1-18-11(16)8-2-3-9(10(14)6-8)13(12(15)17)4-5-19-7-13/h2-3,6H,4-5,7H2,1H3,(H2,15,17). The number of rotatable bonds is 3. The maximum absolute atomic E-state index is 14.1. The first-order valence-corrected chi connectivity index (χ1v) is 5.77. The van der Waals surface area contributed by atoms with Gasteiger partial charge in [0.25, 0.3) is 0 Å². The van der Waals surface area contributed by atoms with Crippen LogP contribution in [0.15, 0.2) is 18.2 Å². The van der Waals surface area contributed by atoms with E-state index in [1.807, 2.05) is 0 Å². The minimum atomic E-state index is -1.15. The van der Waals surface area contributed by atoms with Gasteiger partial charge in [-0.3, -0.25) is 4.79 Å². The van der Waals surface area contributed by atoms with Crippen molar-refractivity contribution in [1.82, 2.24) is 0 Å². The van der Waals surface area contributed by atoms with Gasteiger partial charge in [0.05, 0.1) is 19.3 Å². The number of hydrogen-bond acceptors (Lipinski definition) is 4. The number of benzene rings is 1. The number of amides is 1. The molecule has 1 aliphatic heterocycles. The van der Waals surface area contributed by atoms with E-state index in [1.165, 1.54) is 19.2 Å². The number of hydrogen-bond donors (Lipinski definition) is 1. The fourth-order valence-corrected chi connectivity index (χ4v) is 2.25. The molecule has 1 aromatic rings. The molecule has 0 aliphatic carbocycles. The Kier molecular flexibility index (Phi) is 3.53. The first-order chi connectivity index (χ1) is 9.01. The highest BCUT2D eigenvalue weighted by Crippen LogP contribution is 2.35. The Morgan fingerprint density at radius 2 is 2.21 bits per heavy atom. The molecule has 5 nitrogen and oxygen atoms in total. The lowest BCUT2D eigenvalue weighted by Gasteiger charge is -2.24. The van der Waals surface area contributed by atoms with Crippen molar-refractivity contribution in [2.24, 2.45) is 5.73 Å². The van der Waals surface area contributed by atoms with Crippen LogP contribution < -0.4 is 5.73 Å². The van der Waals surface area contributed by atoms with Crippen LogP contribution in [0.4, 0.5) is 4.39 Å². The predicted molar refractivity (Wildman–Crippen MR) is 64.0 cm³/mol. The van der Waals surface area contributed by atoms with Gasteiger partial charge in [0.15, 0.2) is 0 Å². The Morgan fingerprint density at radius 3 is 2.68 bits per heavy atom. The molecule has 1 atom stereocenters. The van der Waals surface area contributed by atoms with Gasteiger partial charge < -0.3 is 15.2 Å². The van der Waals surface area contributed by atoms with Gasteiger partial charge in [-0.05, 0) is 18.6 Å². The summed E-state index contributed by atoms with van der Waals surface area (Å²) in [5.41, 5.74) is 4.47. The second-order valence-electron chi connectivity index (χ2n) is 4.44. The van der Waals surface area contributed by atoms with Gasteiger partial charge >= 0.3 is 5.97 Å². The third-order valence-corrected chi connectivity index (χ3v) is 3.40. The van der Waals surface area contributed by atoms with Crippen LogP contribution in [0.25, 0.3) is 0 Å². The maximum atomic E-state index is 14.1. The molecule has 1 fully saturated rings. The SMILES string of the molecule is COC(=O)c1ccc(C2(C(N)=O)CCOC2)c(F)c1. The fraction of sp³-hybridized carbons (Fsp3) is 0.385. The number of primary amides is 1. The third-order valence-electron chi connectivity index (χ3n) is 3.40. The number of halogens is 1. The van der Waals surface area contributed by atoms with Crippen molar-refractivity contribution >= 4 is 11.9 Å². The van der Waals surface area contributed by atoms with Crippen molar-refractivity contribution in [2.45, 2.75) is 11.8 Å². The molecule has 2 N–H and O–H groups in total. The molecule has 0 radical (unpaired) electrons. The molecule has 19 heavy (non-hydrogen) atoms. The molecule has 0 saturated carbocycles. The van der Waals surface area contributed by atoms with Crippen LogP contribution in [-0.2, 0) is 19.7 Å². The fourth-order valence-electron chi connectivity index (χ4n) is 2.25. The Labute approximate surface area is 109 Å². The summed E-state index contributed by atoms with van der Waals surface area (Å²) in [4.78, 5) is 22.9. The van der Waals surface area contributed by atoms with Crippen molar-refractivity contribution in [1.29, 1.82) is 0 Å². The van der Waals surface area contributed by atoms with Gasteiger partial charge in [-0.2, -0.15) is 0 Å². The Morgan fingerprint density at radius 1 is 1.47 bits per heavy atom. The summed E-state index contributed by atoms with van der Waals surface area (Å²) in [6, 6.07) is 3.85. The second-order valence-corrected chi connectivity index (χ2v) is 4.44. The van der Waals surface area contributed by atoms with Crippen LogP contribution in [0.3, 0.4) is 0 Å². The monoisotopic (exact) mass is 267 g/mol. The maximum Gasteiger partial charge on any atom is 0.337 e. The molecule has 1 saturated heterocycles. The quantitative estimate of drug-likeness (QED) is 0.820. The highest BCUT2D eigenvalue weighted by atomic mass is 19.1. The third kappa shape index (κ3) is 2.19. The molecule has 0 spiro atoms. The van der Waals surface area contributed by atoms with Crippen LogP contribution in [0.5, 0.6) is 0 Å². The minimum Gasteiger partial charge on any atom is -0.465 e. The first kappa shape index (κ1) is 13.5. The van der Waals surface area contributed by atoms with Crippen LogP contribution >= 0.6 is 0 Å². The van der Waals surface area contributed by atoms with Gasteiger partial charge in [0.2, 0.25) is 5.91 Å². The largest absolute Gasteiger partial charge is 0.465 e. The zero-order chi connectivity index (χ0) is 14.0. The lowest BCUT2D eigenvalue weighted by Crippen LogP contribution is -2.42. The van der Waals surface area contributed by atoms with Crippen molar-refractivity contribution in [2.75, 3.05) is 20.3 Å². The average molecular weight is 267 g/mol. The lowest BCUT2D eigenvalue weighted by atomic mass is 9.78. The summed E-state index contributed by atoms with van der Waals surface area (Å²) in [6.07, 6.45) is 0.330. The van der Waals surface area contributed by atoms with E-state index in [4.69, 9.17) is 10.5 Å². The van der Waals surface area contributed by atoms with Crippen molar-refractivity contribution in [3.05, 3.63) is 35.1 Å². The summed E-state index contributed by atoms with van der Waals surface area (Å²) in [6.45, 7) is 0.401. The van der Waals surface area contributed by atoms with E-state index in [-0.39, 0.29) is 17.7 Å². The highest BCUT2D eigenvalue weighted by molar-refractivity contribution is 5.90. The summed E-state index contributed by atoms with van der Waals surface area (Å²) < 4.78 is 23.8. The first-order valence-electron chi connectivity index (χ1n) is 5.77. The van der Waals surface area contributed by atoms with Gasteiger partial charge in [-0.15, -0.1) is 0 Å². The molecule has 1 aromatic carbocycles. The van der Waals surface area contributed by atoms with Crippen molar-refractivity contribution in [3.8, 4) is 0 Å². The number of carbonyl (C=O) groups is 2. The Bertz CT molecular complexity index is 523. The number of carbonyl (C=O) groups excluding carboxylic acids is 2.